The molecule has 0 saturated carbocycles. The highest BCUT2D eigenvalue weighted by Crippen LogP contribution is 2.25. The number of amides is 2. The van der Waals surface area contributed by atoms with Gasteiger partial charge in [-0.1, -0.05) is 54.6 Å². The predicted octanol–water partition coefficient (Wildman–Crippen LogP) is 5.19. The average molecular weight is 540 g/mol. The summed E-state index contributed by atoms with van der Waals surface area (Å²) in [6, 6.07) is 26.2. The maximum atomic E-state index is 13.2. The zero-order valence-electron chi connectivity index (χ0n) is 20.8. The Kier molecular flexibility index (Phi) is 7.42. The molecule has 0 aliphatic heterocycles. The molecular formula is C30H25N3O5S. The van der Waals surface area contributed by atoms with E-state index in [1.807, 2.05) is 18.2 Å². The lowest BCUT2D eigenvalue weighted by Gasteiger charge is -2.07. The minimum atomic E-state index is -3.70. The monoisotopic (exact) mass is 539 g/mol. The van der Waals surface area contributed by atoms with E-state index in [9.17, 15) is 18.0 Å². The van der Waals surface area contributed by atoms with Gasteiger partial charge in [0.05, 0.1) is 24.1 Å². The fourth-order valence-electron chi connectivity index (χ4n) is 4.16. The fourth-order valence-corrected chi connectivity index (χ4v) is 5.65. The lowest BCUT2D eigenvalue weighted by atomic mass is 10.1. The zero-order valence-corrected chi connectivity index (χ0v) is 21.6. The predicted molar refractivity (Wildman–Crippen MR) is 150 cm³/mol. The van der Waals surface area contributed by atoms with Crippen LogP contribution in [0, 0.1) is 0 Å². The molecule has 5 rings (SSSR count). The summed E-state index contributed by atoms with van der Waals surface area (Å²) < 4.78 is 32.9. The molecule has 2 heterocycles. The number of nitrogens with zero attached hydrogens (tertiary/aromatic N) is 1. The van der Waals surface area contributed by atoms with Crippen LogP contribution in [0.15, 0.2) is 114 Å². The summed E-state index contributed by atoms with van der Waals surface area (Å²) in [6.07, 6.45) is 5.97. The molecule has 5 aromatic rings. The van der Waals surface area contributed by atoms with Crippen molar-refractivity contribution in [2.45, 2.75) is 12.3 Å². The van der Waals surface area contributed by atoms with E-state index in [0.717, 1.165) is 0 Å². The minimum Gasteiger partial charge on any atom is -0.467 e. The van der Waals surface area contributed by atoms with Gasteiger partial charge in [-0.25, -0.2) is 12.4 Å². The van der Waals surface area contributed by atoms with Crippen LogP contribution in [0.25, 0.3) is 17.0 Å². The summed E-state index contributed by atoms with van der Waals surface area (Å²) in [5.41, 5.74) is 2.63. The van der Waals surface area contributed by atoms with Gasteiger partial charge in [-0.3, -0.25) is 9.59 Å². The fraction of sp³-hybridized carbons (Fsp3) is 0.0667. The van der Waals surface area contributed by atoms with Gasteiger partial charge in [-0.2, -0.15) is 0 Å². The molecule has 8 nitrogen and oxygen atoms in total. The van der Waals surface area contributed by atoms with Gasteiger partial charge in [0.15, 0.2) is 0 Å². The van der Waals surface area contributed by atoms with Gasteiger partial charge >= 0.3 is 0 Å². The van der Waals surface area contributed by atoms with E-state index in [0.29, 0.717) is 39.0 Å². The lowest BCUT2D eigenvalue weighted by Crippen LogP contribution is -2.22. The summed E-state index contributed by atoms with van der Waals surface area (Å²) in [7, 11) is -3.70. The number of furan rings is 1. The van der Waals surface area contributed by atoms with Crippen LogP contribution in [-0.4, -0.2) is 24.2 Å². The first-order valence-electron chi connectivity index (χ1n) is 12.2. The lowest BCUT2D eigenvalue weighted by molar-refractivity contribution is -0.111. The van der Waals surface area contributed by atoms with Crippen molar-refractivity contribution in [3.8, 4) is 0 Å². The highest BCUT2D eigenvalue weighted by molar-refractivity contribution is 7.89. The Morgan fingerprint density at radius 3 is 2.49 bits per heavy atom. The molecule has 196 valence electrons. The van der Waals surface area contributed by atoms with Crippen molar-refractivity contribution in [3.05, 3.63) is 132 Å². The number of aromatic nitrogens is 1. The van der Waals surface area contributed by atoms with Crippen molar-refractivity contribution >= 4 is 44.5 Å². The summed E-state index contributed by atoms with van der Waals surface area (Å²) in [6.45, 7) is 0.250. The van der Waals surface area contributed by atoms with Gasteiger partial charge in [0, 0.05) is 34.5 Å². The number of rotatable bonds is 9. The number of carbonyl (C=O) groups is 2. The van der Waals surface area contributed by atoms with Crippen molar-refractivity contribution in [3.63, 3.8) is 0 Å². The number of para-hydroxylation sites is 1. The average Bonchev–Trinajstić information content (AvgIpc) is 3.60. The van der Waals surface area contributed by atoms with Crippen molar-refractivity contribution in [2.75, 3.05) is 5.32 Å². The molecule has 0 radical (unpaired) electrons. The Bertz CT molecular complexity index is 1750. The quantitative estimate of drug-likeness (QED) is 0.250. The van der Waals surface area contributed by atoms with E-state index in [2.05, 4.69) is 10.6 Å². The van der Waals surface area contributed by atoms with Gasteiger partial charge in [0.25, 0.3) is 5.91 Å². The van der Waals surface area contributed by atoms with Crippen LogP contribution in [0.4, 0.5) is 5.69 Å². The molecule has 0 atom stereocenters. The normalized spacial score (nSPS) is 11.6. The largest absolute Gasteiger partial charge is 0.467 e. The highest BCUT2D eigenvalue weighted by Gasteiger charge is 2.19. The molecule has 0 unspecified atom stereocenters. The molecule has 0 aliphatic rings. The third-order valence-electron chi connectivity index (χ3n) is 6.01. The Hall–Kier alpha value is -4.89. The molecule has 0 bridgehead atoms. The SMILES string of the molecule is O=C(/C=C/c1cn(S(=O)(=O)Cc2ccccc2)c2ccccc12)Nc1cccc(C(=O)NCc2ccco2)c1. The minimum absolute atomic E-state index is 0.151. The first-order valence-corrected chi connectivity index (χ1v) is 13.8. The molecule has 0 spiro atoms. The summed E-state index contributed by atoms with van der Waals surface area (Å²) >= 11 is 0. The molecule has 2 aromatic heterocycles. The third-order valence-corrected chi connectivity index (χ3v) is 7.61. The molecule has 2 amide bonds. The van der Waals surface area contributed by atoms with Crippen LogP contribution in [0.3, 0.4) is 0 Å². The molecule has 0 saturated heterocycles. The first-order chi connectivity index (χ1) is 18.9. The summed E-state index contributed by atoms with van der Waals surface area (Å²) in [5, 5.41) is 6.21. The standard InChI is InChI=1S/C30H25N3O5S/c34-29(32-25-11-6-10-23(18-25)30(35)31-19-26-12-7-17-38-26)16-15-24-20-33(28-14-5-4-13-27(24)28)39(36,37)21-22-8-2-1-3-9-22/h1-18,20H,19,21H2,(H,31,35)(H,32,34)/b16-15+. The zero-order chi connectivity index (χ0) is 27.2. The van der Waals surface area contributed by atoms with E-state index >= 15 is 0 Å². The van der Waals surface area contributed by atoms with Crippen LogP contribution >= 0.6 is 0 Å². The number of fused-ring (bicyclic) bond motifs is 1. The second-order valence-corrected chi connectivity index (χ2v) is 10.7. The Morgan fingerprint density at radius 1 is 0.897 bits per heavy atom. The Balaban J connectivity index is 1.31. The number of nitrogens with one attached hydrogen (secondary N) is 2. The molecule has 3 aromatic carbocycles. The maximum Gasteiger partial charge on any atom is 0.251 e. The molecule has 0 fully saturated rings. The number of hydrogen-bond acceptors (Lipinski definition) is 5. The summed E-state index contributed by atoms with van der Waals surface area (Å²) in [4.78, 5) is 25.2. The highest BCUT2D eigenvalue weighted by atomic mass is 32.2. The van der Waals surface area contributed by atoms with Crippen LogP contribution in [-0.2, 0) is 27.1 Å². The first kappa shape index (κ1) is 25.7. The molecular weight excluding hydrogens is 514 g/mol. The van der Waals surface area contributed by atoms with Gasteiger partial charge in [0.1, 0.15) is 5.76 Å². The van der Waals surface area contributed by atoms with E-state index in [1.54, 1.807) is 78.9 Å². The van der Waals surface area contributed by atoms with Gasteiger partial charge in [-0.15, -0.1) is 0 Å². The Labute approximate surface area is 225 Å². The van der Waals surface area contributed by atoms with E-state index in [1.165, 1.54) is 22.5 Å². The molecule has 0 aliphatic carbocycles. The van der Waals surface area contributed by atoms with E-state index in [-0.39, 0.29) is 18.2 Å². The number of carbonyl (C=O) groups excluding carboxylic acids is 2. The molecule has 39 heavy (non-hydrogen) atoms. The van der Waals surface area contributed by atoms with Crippen LogP contribution in [0.2, 0.25) is 0 Å². The third kappa shape index (κ3) is 6.16. The second kappa shape index (κ2) is 11.2. The van der Waals surface area contributed by atoms with Crippen LogP contribution < -0.4 is 10.6 Å². The van der Waals surface area contributed by atoms with E-state index in [4.69, 9.17) is 4.42 Å². The van der Waals surface area contributed by atoms with Gasteiger partial charge in [-0.05, 0) is 48.0 Å². The molecule has 2 N–H and O–H groups in total. The summed E-state index contributed by atoms with van der Waals surface area (Å²) in [5.74, 6) is -0.247. The van der Waals surface area contributed by atoms with Crippen molar-refractivity contribution in [2.24, 2.45) is 0 Å². The number of hydrogen-bond donors (Lipinski definition) is 2. The van der Waals surface area contributed by atoms with Crippen molar-refractivity contribution in [1.29, 1.82) is 0 Å². The number of anilines is 1. The van der Waals surface area contributed by atoms with E-state index < -0.39 is 15.9 Å². The van der Waals surface area contributed by atoms with Gasteiger partial charge in [0.2, 0.25) is 15.9 Å². The van der Waals surface area contributed by atoms with Crippen LogP contribution in [0.5, 0.6) is 0 Å². The van der Waals surface area contributed by atoms with Crippen molar-refractivity contribution in [1.82, 2.24) is 9.29 Å². The van der Waals surface area contributed by atoms with Gasteiger partial charge < -0.3 is 15.1 Å². The second-order valence-electron chi connectivity index (χ2n) is 8.80. The topological polar surface area (TPSA) is 110 Å². The molecule has 9 heteroatoms. The number of benzene rings is 3. The Morgan fingerprint density at radius 2 is 1.69 bits per heavy atom. The maximum absolute atomic E-state index is 13.2. The van der Waals surface area contributed by atoms with Crippen molar-refractivity contribution < 1.29 is 22.4 Å². The smallest absolute Gasteiger partial charge is 0.251 e. The van der Waals surface area contributed by atoms with Crippen LogP contribution in [0.1, 0.15) is 27.2 Å².